The van der Waals surface area contributed by atoms with E-state index in [1.807, 2.05) is 0 Å². The van der Waals surface area contributed by atoms with Gasteiger partial charge in [-0.05, 0) is 24.1 Å². The van der Waals surface area contributed by atoms with E-state index in [9.17, 15) is 15.0 Å². The van der Waals surface area contributed by atoms with Crippen molar-refractivity contribution in [1.82, 2.24) is 4.98 Å². The molecule has 0 radical (unpaired) electrons. The second-order valence-electron chi connectivity index (χ2n) is 4.36. The summed E-state index contributed by atoms with van der Waals surface area (Å²) in [5.41, 5.74) is 1.11. The average Bonchev–Trinajstić information content (AvgIpc) is 2.81. The highest BCUT2D eigenvalue weighted by molar-refractivity contribution is 5.93. The second kappa shape index (κ2) is 5.40. The number of aliphatic hydroxyl groups is 3. The lowest BCUT2D eigenvalue weighted by atomic mass is 10.0. The molecule has 6 heteroatoms. The number of aliphatic hydroxyl groups excluding tert-OH is 3. The van der Waals surface area contributed by atoms with Crippen molar-refractivity contribution in [3.63, 3.8) is 0 Å². The zero-order valence-corrected chi connectivity index (χ0v) is 10.1. The fourth-order valence-corrected chi connectivity index (χ4v) is 1.96. The van der Waals surface area contributed by atoms with Crippen molar-refractivity contribution in [1.29, 1.82) is 0 Å². The zero-order valence-electron chi connectivity index (χ0n) is 10.1. The summed E-state index contributed by atoms with van der Waals surface area (Å²) in [6, 6.07) is 6.38. The Hall–Kier alpha value is -1.89. The lowest BCUT2D eigenvalue weighted by Crippen LogP contribution is -2.19. The number of aromatic carboxylic acids is 1. The first-order valence-corrected chi connectivity index (χ1v) is 5.86. The van der Waals surface area contributed by atoms with Crippen LogP contribution in [0.3, 0.4) is 0 Å². The number of fused-ring (bicyclic) bond motifs is 1. The molecule has 5 N–H and O–H groups in total. The molecule has 2 atom stereocenters. The topological polar surface area (TPSA) is 114 Å². The molecule has 0 aliphatic heterocycles. The van der Waals surface area contributed by atoms with Crippen LogP contribution in [0, 0.1) is 0 Å². The summed E-state index contributed by atoms with van der Waals surface area (Å²) in [6.45, 7) is -0.216. The van der Waals surface area contributed by atoms with Crippen molar-refractivity contribution < 1.29 is 25.2 Å². The minimum atomic E-state index is -1.12. The highest BCUT2D eigenvalue weighted by Gasteiger charge is 2.18. The molecule has 0 saturated heterocycles. The van der Waals surface area contributed by atoms with Crippen molar-refractivity contribution in [2.45, 2.75) is 18.6 Å². The quantitative estimate of drug-likeness (QED) is 0.544. The van der Waals surface area contributed by atoms with Gasteiger partial charge in [0.25, 0.3) is 0 Å². The van der Waals surface area contributed by atoms with Crippen LogP contribution in [0.2, 0.25) is 0 Å². The summed E-state index contributed by atoms with van der Waals surface area (Å²) >= 11 is 0. The maximum atomic E-state index is 10.8. The number of nitrogens with one attached hydrogen (secondary N) is 1. The Labute approximate surface area is 108 Å². The van der Waals surface area contributed by atoms with Crippen molar-refractivity contribution in [3.05, 3.63) is 35.5 Å². The van der Waals surface area contributed by atoms with E-state index in [2.05, 4.69) is 4.98 Å². The fourth-order valence-electron chi connectivity index (χ4n) is 1.96. The third-order valence-electron chi connectivity index (χ3n) is 3.01. The molecule has 6 nitrogen and oxygen atoms in total. The number of rotatable bonds is 5. The molecule has 0 spiro atoms. The van der Waals surface area contributed by atoms with E-state index in [1.165, 1.54) is 6.07 Å². The molecule has 1 aromatic carbocycles. The van der Waals surface area contributed by atoms with Crippen LogP contribution in [0.25, 0.3) is 10.9 Å². The Morgan fingerprint density at radius 2 is 2.00 bits per heavy atom. The van der Waals surface area contributed by atoms with Crippen LogP contribution in [-0.2, 0) is 0 Å². The summed E-state index contributed by atoms with van der Waals surface area (Å²) in [5, 5.41) is 37.8. The van der Waals surface area contributed by atoms with Gasteiger partial charge in [-0.15, -0.1) is 0 Å². The number of aromatic amines is 1. The molecule has 2 rings (SSSR count). The van der Waals surface area contributed by atoms with Crippen LogP contribution in [0.5, 0.6) is 0 Å². The minimum Gasteiger partial charge on any atom is -0.477 e. The van der Waals surface area contributed by atoms with Crippen LogP contribution in [0.1, 0.15) is 28.6 Å². The molecule has 0 aliphatic carbocycles. The molecule has 0 aliphatic rings. The molecule has 1 heterocycles. The van der Waals surface area contributed by atoms with Gasteiger partial charge in [-0.3, -0.25) is 0 Å². The first-order chi connectivity index (χ1) is 9.02. The van der Waals surface area contributed by atoms with Crippen LogP contribution >= 0.6 is 0 Å². The number of hydrogen-bond acceptors (Lipinski definition) is 4. The molecule has 2 unspecified atom stereocenters. The van der Waals surface area contributed by atoms with Gasteiger partial charge < -0.3 is 25.4 Å². The van der Waals surface area contributed by atoms with Gasteiger partial charge in [-0.2, -0.15) is 0 Å². The first kappa shape index (κ1) is 13.5. The van der Waals surface area contributed by atoms with Gasteiger partial charge >= 0.3 is 5.97 Å². The standard InChI is InChI=1S/C13H15NO5/c15-4-3-11(16)12(17)8-2-1-7-5-10(13(18)19)14-9(7)6-8/h1-2,5-6,11-12,14-17H,3-4H2,(H,18,19). The largest absolute Gasteiger partial charge is 0.477 e. The van der Waals surface area contributed by atoms with Crippen molar-refractivity contribution >= 4 is 16.9 Å². The zero-order chi connectivity index (χ0) is 14.0. The van der Waals surface area contributed by atoms with Gasteiger partial charge in [0.2, 0.25) is 0 Å². The number of carboxylic acids is 1. The maximum absolute atomic E-state index is 10.8. The average molecular weight is 265 g/mol. The van der Waals surface area contributed by atoms with Crippen LogP contribution < -0.4 is 0 Å². The number of carbonyl (C=O) groups is 1. The van der Waals surface area contributed by atoms with Gasteiger partial charge in [0, 0.05) is 17.5 Å². The predicted molar refractivity (Wildman–Crippen MR) is 67.9 cm³/mol. The molecule has 2 aromatic rings. The van der Waals surface area contributed by atoms with E-state index >= 15 is 0 Å². The van der Waals surface area contributed by atoms with Crippen molar-refractivity contribution in [2.75, 3.05) is 6.61 Å². The highest BCUT2D eigenvalue weighted by Crippen LogP contribution is 2.24. The second-order valence-corrected chi connectivity index (χ2v) is 4.36. The Morgan fingerprint density at radius 3 is 2.63 bits per heavy atom. The molecule has 1 aromatic heterocycles. The van der Waals surface area contributed by atoms with Crippen LogP contribution in [0.15, 0.2) is 24.3 Å². The molecule has 102 valence electrons. The summed E-state index contributed by atoms with van der Waals surface area (Å²) in [7, 11) is 0. The normalized spacial score (nSPS) is 14.5. The van der Waals surface area contributed by atoms with E-state index in [0.717, 1.165) is 0 Å². The van der Waals surface area contributed by atoms with Gasteiger partial charge in [-0.25, -0.2) is 4.79 Å². The van der Waals surface area contributed by atoms with E-state index in [4.69, 9.17) is 10.2 Å². The molecule has 0 saturated carbocycles. The van der Waals surface area contributed by atoms with E-state index < -0.39 is 18.2 Å². The Balaban J connectivity index is 2.32. The van der Waals surface area contributed by atoms with Gasteiger partial charge in [0.05, 0.1) is 6.10 Å². The molecule has 19 heavy (non-hydrogen) atoms. The third kappa shape index (κ3) is 2.76. The number of hydrogen-bond donors (Lipinski definition) is 5. The van der Waals surface area contributed by atoms with Gasteiger partial charge in [0.1, 0.15) is 11.8 Å². The van der Waals surface area contributed by atoms with E-state index in [-0.39, 0.29) is 18.7 Å². The summed E-state index contributed by atoms with van der Waals surface area (Å²) in [5.74, 6) is -1.06. The molecule has 0 bridgehead atoms. The number of benzene rings is 1. The van der Waals surface area contributed by atoms with Crippen LogP contribution in [-0.4, -0.2) is 44.1 Å². The molecule has 0 fully saturated rings. The Bertz CT molecular complexity index is 592. The Kier molecular flexibility index (Phi) is 3.84. The minimum absolute atomic E-state index is 0.0672. The highest BCUT2D eigenvalue weighted by atomic mass is 16.4. The number of H-pyrrole nitrogens is 1. The van der Waals surface area contributed by atoms with Crippen molar-refractivity contribution in [3.8, 4) is 0 Å². The van der Waals surface area contributed by atoms with Crippen molar-refractivity contribution in [2.24, 2.45) is 0 Å². The molecular weight excluding hydrogens is 250 g/mol. The lowest BCUT2D eigenvalue weighted by molar-refractivity contribution is 0.00428. The molecule has 0 amide bonds. The maximum Gasteiger partial charge on any atom is 0.352 e. The SMILES string of the molecule is O=C(O)c1cc2ccc(C(O)C(O)CCO)cc2[nH]1. The van der Waals surface area contributed by atoms with Gasteiger partial charge in [-0.1, -0.05) is 12.1 Å². The number of carboxylic acid groups (broad SMARTS) is 1. The summed E-state index contributed by atoms with van der Waals surface area (Å²) < 4.78 is 0. The first-order valence-electron chi connectivity index (χ1n) is 5.86. The Morgan fingerprint density at radius 1 is 1.26 bits per heavy atom. The lowest BCUT2D eigenvalue weighted by Gasteiger charge is -2.17. The summed E-state index contributed by atoms with van der Waals surface area (Å²) in [4.78, 5) is 13.6. The molecular formula is C13H15NO5. The van der Waals surface area contributed by atoms with E-state index in [0.29, 0.717) is 16.5 Å². The fraction of sp³-hybridized carbons (Fsp3) is 0.308. The van der Waals surface area contributed by atoms with Crippen LogP contribution in [0.4, 0.5) is 0 Å². The third-order valence-corrected chi connectivity index (χ3v) is 3.01. The van der Waals surface area contributed by atoms with E-state index in [1.54, 1.807) is 18.2 Å². The smallest absolute Gasteiger partial charge is 0.352 e. The monoisotopic (exact) mass is 265 g/mol. The predicted octanol–water partition coefficient (Wildman–Crippen LogP) is 0.643. The summed E-state index contributed by atoms with van der Waals surface area (Å²) in [6.07, 6.45) is -2.10. The van der Waals surface area contributed by atoms with Gasteiger partial charge in [0.15, 0.2) is 0 Å². The number of aromatic nitrogens is 1.